The highest BCUT2D eigenvalue weighted by molar-refractivity contribution is 7.99. The van der Waals surface area contributed by atoms with Crippen molar-refractivity contribution in [3.05, 3.63) is 23.2 Å². The highest BCUT2D eigenvalue weighted by atomic mass is 35.5. The van der Waals surface area contributed by atoms with Crippen molar-refractivity contribution < 1.29 is 4.79 Å². The number of aromatic nitrogens is 5. The molecular weight excluding hydrogens is 302 g/mol. The summed E-state index contributed by atoms with van der Waals surface area (Å²) in [5.41, 5.74) is 3.44. The second-order valence-electron chi connectivity index (χ2n) is 3.81. The van der Waals surface area contributed by atoms with E-state index in [0.29, 0.717) is 21.5 Å². The van der Waals surface area contributed by atoms with Crippen LogP contribution in [-0.2, 0) is 4.79 Å². The van der Waals surface area contributed by atoms with E-state index in [1.807, 2.05) is 0 Å². The van der Waals surface area contributed by atoms with Crippen LogP contribution in [0.15, 0.2) is 23.4 Å². The highest BCUT2D eigenvalue weighted by Gasteiger charge is 2.13. The number of carbonyl (C=O) groups excluding carboxylic acids is 1. The summed E-state index contributed by atoms with van der Waals surface area (Å²) in [5.74, 6) is 5.22. The summed E-state index contributed by atoms with van der Waals surface area (Å²) in [6.07, 6.45) is 0. The van der Waals surface area contributed by atoms with Gasteiger partial charge in [-0.15, -0.1) is 20.4 Å². The van der Waals surface area contributed by atoms with Crippen molar-refractivity contribution in [3.8, 4) is 0 Å². The molecule has 0 radical (unpaired) electrons. The van der Waals surface area contributed by atoms with Gasteiger partial charge in [0.25, 0.3) is 5.78 Å². The first-order valence-corrected chi connectivity index (χ1v) is 6.84. The van der Waals surface area contributed by atoms with E-state index in [9.17, 15) is 4.79 Å². The Bertz CT molecular complexity index is 805. The zero-order chi connectivity index (χ0) is 14.1. The maximum atomic E-state index is 11.2. The molecule has 0 saturated carbocycles. The molecule has 10 heteroatoms. The van der Waals surface area contributed by atoms with Crippen molar-refractivity contribution in [2.24, 2.45) is 5.84 Å². The predicted octanol–water partition coefficient (Wildman–Crippen LogP) is 0.408. The Hall–Kier alpha value is -1.97. The minimum atomic E-state index is -0.305. The summed E-state index contributed by atoms with van der Waals surface area (Å²) >= 11 is 7.13. The minimum Gasteiger partial charge on any atom is -0.294 e. The Balaban J connectivity index is 2.11. The number of rotatable bonds is 3. The van der Waals surface area contributed by atoms with Crippen LogP contribution >= 0.6 is 23.4 Å². The van der Waals surface area contributed by atoms with Gasteiger partial charge >= 0.3 is 0 Å². The number of halogens is 1. The van der Waals surface area contributed by atoms with Gasteiger partial charge in [0.05, 0.1) is 11.3 Å². The fourth-order valence-corrected chi connectivity index (χ4v) is 2.59. The second-order valence-corrected chi connectivity index (χ2v) is 5.19. The number of benzene rings is 1. The van der Waals surface area contributed by atoms with Crippen molar-refractivity contribution in [1.29, 1.82) is 0 Å². The maximum Gasteiger partial charge on any atom is 0.275 e. The molecule has 8 nitrogen and oxygen atoms in total. The van der Waals surface area contributed by atoms with Gasteiger partial charge in [0.2, 0.25) is 5.91 Å². The molecule has 0 atom stereocenters. The molecule has 0 aliphatic heterocycles. The predicted molar refractivity (Wildman–Crippen MR) is 74.1 cm³/mol. The monoisotopic (exact) mass is 309 g/mol. The Morgan fingerprint density at radius 1 is 1.35 bits per heavy atom. The van der Waals surface area contributed by atoms with Gasteiger partial charge in [-0.2, -0.15) is 0 Å². The molecule has 2 aromatic heterocycles. The number of nitrogens with one attached hydrogen (secondary N) is 1. The molecule has 2 heterocycles. The van der Waals surface area contributed by atoms with Crippen LogP contribution in [0.5, 0.6) is 0 Å². The average Bonchev–Trinajstić information content (AvgIpc) is 2.87. The van der Waals surface area contributed by atoms with E-state index in [1.165, 1.54) is 11.8 Å². The Kier molecular flexibility index (Phi) is 3.38. The van der Waals surface area contributed by atoms with Crippen LogP contribution in [0.1, 0.15) is 0 Å². The topological polar surface area (TPSA) is 111 Å². The lowest BCUT2D eigenvalue weighted by Crippen LogP contribution is -2.31. The Morgan fingerprint density at radius 3 is 2.95 bits per heavy atom. The molecule has 3 N–H and O–H groups in total. The highest BCUT2D eigenvalue weighted by Crippen LogP contribution is 2.22. The first-order valence-electron chi connectivity index (χ1n) is 5.48. The molecule has 0 fully saturated rings. The molecule has 1 amide bonds. The molecule has 0 saturated heterocycles. The number of nitrogens with zero attached hydrogens (tertiary/aromatic N) is 5. The second kappa shape index (κ2) is 5.19. The maximum absolute atomic E-state index is 11.2. The quantitative estimate of drug-likeness (QED) is 0.312. The van der Waals surface area contributed by atoms with Crippen molar-refractivity contribution in [2.75, 3.05) is 5.75 Å². The number of thioether (sulfide) groups is 1. The van der Waals surface area contributed by atoms with Crippen molar-refractivity contribution in [2.45, 2.75) is 5.16 Å². The Morgan fingerprint density at radius 2 is 2.15 bits per heavy atom. The zero-order valence-corrected chi connectivity index (χ0v) is 11.5. The van der Waals surface area contributed by atoms with Crippen molar-refractivity contribution >= 4 is 46.1 Å². The average molecular weight is 310 g/mol. The molecule has 20 heavy (non-hydrogen) atoms. The SMILES string of the molecule is NNC(=O)CSc1nnc2nnc3cc(Cl)ccc3n12. The largest absolute Gasteiger partial charge is 0.294 e. The zero-order valence-electron chi connectivity index (χ0n) is 9.95. The van der Waals surface area contributed by atoms with E-state index in [0.717, 1.165) is 5.52 Å². The van der Waals surface area contributed by atoms with E-state index >= 15 is 0 Å². The van der Waals surface area contributed by atoms with Gasteiger partial charge in [-0.3, -0.25) is 14.6 Å². The van der Waals surface area contributed by atoms with E-state index in [1.54, 1.807) is 22.6 Å². The molecule has 0 spiro atoms. The lowest BCUT2D eigenvalue weighted by molar-refractivity contribution is -0.118. The smallest absolute Gasteiger partial charge is 0.275 e. The summed E-state index contributed by atoms with van der Waals surface area (Å²) < 4.78 is 1.72. The lowest BCUT2D eigenvalue weighted by Gasteiger charge is -2.03. The van der Waals surface area contributed by atoms with Gasteiger partial charge < -0.3 is 0 Å². The van der Waals surface area contributed by atoms with Crippen LogP contribution in [0, 0.1) is 0 Å². The minimum absolute atomic E-state index is 0.134. The molecule has 3 rings (SSSR count). The number of hydrazine groups is 1. The lowest BCUT2D eigenvalue weighted by atomic mass is 10.3. The molecule has 0 aliphatic rings. The van der Waals surface area contributed by atoms with Gasteiger partial charge in [-0.05, 0) is 18.2 Å². The molecule has 3 aromatic rings. The molecular formula is C10H8ClN7OS. The van der Waals surface area contributed by atoms with E-state index in [-0.39, 0.29) is 11.7 Å². The normalized spacial score (nSPS) is 11.1. The van der Waals surface area contributed by atoms with Gasteiger partial charge in [-0.25, -0.2) is 5.84 Å². The molecule has 102 valence electrons. The third-order valence-corrected chi connectivity index (χ3v) is 3.70. The first-order chi connectivity index (χ1) is 9.69. The van der Waals surface area contributed by atoms with Crippen LogP contribution in [0.25, 0.3) is 16.8 Å². The van der Waals surface area contributed by atoms with Gasteiger partial charge in [0.1, 0.15) is 5.52 Å². The standard InChI is InChI=1S/C10H8ClN7OS/c11-5-1-2-7-6(3-5)14-15-9-16-17-10(18(7)9)20-4-8(19)13-12/h1-3H,4,12H2,(H,13,19). The number of hydrogen-bond acceptors (Lipinski definition) is 7. The summed E-state index contributed by atoms with van der Waals surface area (Å²) in [4.78, 5) is 11.2. The molecule has 0 unspecified atom stereocenters. The fraction of sp³-hybridized carbons (Fsp3) is 0.100. The molecule has 0 bridgehead atoms. The summed E-state index contributed by atoms with van der Waals surface area (Å²) in [6.45, 7) is 0. The summed E-state index contributed by atoms with van der Waals surface area (Å²) in [7, 11) is 0. The third-order valence-electron chi connectivity index (χ3n) is 2.54. The van der Waals surface area contributed by atoms with Crippen molar-refractivity contribution in [3.63, 3.8) is 0 Å². The van der Waals surface area contributed by atoms with Crippen molar-refractivity contribution in [1.82, 2.24) is 30.2 Å². The van der Waals surface area contributed by atoms with E-state index < -0.39 is 0 Å². The third kappa shape index (κ3) is 2.26. The van der Waals surface area contributed by atoms with E-state index in [2.05, 4.69) is 25.8 Å². The first kappa shape index (κ1) is 13.0. The summed E-state index contributed by atoms with van der Waals surface area (Å²) in [5, 5.41) is 17.0. The Labute approximate surface area is 121 Å². The summed E-state index contributed by atoms with van der Waals surface area (Å²) in [6, 6.07) is 5.24. The number of hydrogen-bond donors (Lipinski definition) is 2. The van der Waals surface area contributed by atoms with Crippen LogP contribution in [-0.4, -0.2) is 36.5 Å². The van der Waals surface area contributed by atoms with Crippen LogP contribution in [0.2, 0.25) is 5.02 Å². The van der Waals surface area contributed by atoms with Crippen LogP contribution in [0.4, 0.5) is 0 Å². The van der Waals surface area contributed by atoms with Gasteiger partial charge in [0, 0.05) is 5.02 Å². The van der Waals surface area contributed by atoms with Crippen LogP contribution in [0.3, 0.4) is 0 Å². The number of nitrogens with two attached hydrogens (primary N) is 1. The molecule has 0 aliphatic carbocycles. The van der Waals surface area contributed by atoms with Crippen LogP contribution < -0.4 is 11.3 Å². The number of amides is 1. The van der Waals surface area contributed by atoms with E-state index in [4.69, 9.17) is 17.4 Å². The number of fused-ring (bicyclic) bond motifs is 3. The fourth-order valence-electron chi connectivity index (χ4n) is 1.67. The molecule has 1 aromatic carbocycles. The van der Waals surface area contributed by atoms with Gasteiger partial charge in [0.15, 0.2) is 5.16 Å². The van der Waals surface area contributed by atoms with Gasteiger partial charge in [-0.1, -0.05) is 23.4 Å². The number of carbonyl (C=O) groups is 1.